The third kappa shape index (κ3) is 4.91. The van der Waals surface area contributed by atoms with Crippen LogP contribution in [0.1, 0.15) is 28.8 Å². The average molecular weight is 374 g/mol. The average Bonchev–Trinajstić information content (AvgIpc) is 3.46. The second-order valence-corrected chi connectivity index (χ2v) is 8.18. The minimum absolute atomic E-state index is 0.00691. The van der Waals surface area contributed by atoms with Gasteiger partial charge < -0.3 is 10.4 Å². The fraction of sp³-hybridized carbons (Fsp3) is 0.316. The minimum Gasteiger partial charge on any atom is -0.395 e. The van der Waals surface area contributed by atoms with Crippen molar-refractivity contribution < 1.29 is 18.3 Å². The Morgan fingerprint density at radius 1 is 1.12 bits per heavy atom. The van der Waals surface area contributed by atoms with Crippen molar-refractivity contribution in [2.24, 2.45) is 0 Å². The summed E-state index contributed by atoms with van der Waals surface area (Å²) in [6.07, 6.45) is 2.30. The van der Waals surface area contributed by atoms with Crippen LogP contribution in [0.4, 0.5) is 0 Å². The number of hydrogen-bond donors (Lipinski definition) is 3. The first-order chi connectivity index (χ1) is 12.5. The Morgan fingerprint density at radius 3 is 2.50 bits per heavy atom. The first-order valence-corrected chi connectivity index (χ1v) is 10.0. The Hall–Kier alpha value is -2.22. The van der Waals surface area contributed by atoms with Gasteiger partial charge in [-0.05, 0) is 43.0 Å². The molecule has 1 fully saturated rings. The number of benzene rings is 2. The summed E-state index contributed by atoms with van der Waals surface area (Å²) in [4.78, 5) is 12.1. The zero-order valence-corrected chi connectivity index (χ0v) is 15.1. The van der Waals surface area contributed by atoms with Gasteiger partial charge >= 0.3 is 0 Å². The van der Waals surface area contributed by atoms with Crippen LogP contribution in [0.15, 0.2) is 59.5 Å². The van der Waals surface area contributed by atoms with E-state index < -0.39 is 16.1 Å². The standard InChI is InChI=1S/C19H22N2O4S/c22-13-17(11-14-5-2-1-3-6-14)21-26(24,25)18-8-4-7-15(12-18)19(23)20-16-9-10-16/h1-8,12,16-17,21-22H,9-11,13H2,(H,20,23)/t17-/m0/s1. The van der Waals surface area contributed by atoms with Crippen molar-refractivity contribution in [2.75, 3.05) is 6.61 Å². The normalized spacial score (nSPS) is 15.4. The van der Waals surface area contributed by atoms with Crippen molar-refractivity contribution in [1.29, 1.82) is 0 Å². The smallest absolute Gasteiger partial charge is 0.251 e. The molecule has 0 unspecified atom stereocenters. The van der Waals surface area contributed by atoms with Gasteiger partial charge in [0, 0.05) is 17.6 Å². The number of amides is 1. The number of aliphatic hydroxyl groups excluding tert-OH is 1. The number of rotatable bonds is 8. The Kier molecular flexibility index (Phi) is 5.70. The molecule has 1 aliphatic carbocycles. The number of aliphatic hydroxyl groups is 1. The molecule has 1 atom stereocenters. The molecule has 3 N–H and O–H groups in total. The lowest BCUT2D eigenvalue weighted by molar-refractivity contribution is 0.0951. The van der Waals surface area contributed by atoms with Gasteiger partial charge in [0.15, 0.2) is 0 Å². The highest BCUT2D eigenvalue weighted by Gasteiger charge is 2.25. The Balaban J connectivity index is 1.73. The van der Waals surface area contributed by atoms with Crippen LogP contribution in [-0.4, -0.2) is 38.1 Å². The predicted octanol–water partition coefficient (Wildman–Crippen LogP) is 1.46. The van der Waals surface area contributed by atoms with Gasteiger partial charge in [0.2, 0.25) is 10.0 Å². The Morgan fingerprint density at radius 2 is 1.85 bits per heavy atom. The molecule has 0 spiro atoms. The van der Waals surface area contributed by atoms with Crippen LogP contribution >= 0.6 is 0 Å². The van der Waals surface area contributed by atoms with Crippen LogP contribution in [-0.2, 0) is 16.4 Å². The lowest BCUT2D eigenvalue weighted by Crippen LogP contribution is -2.39. The molecule has 1 saturated carbocycles. The summed E-state index contributed by atoms with van der Waals surface area (Å²) < 4.78 is 27.8. The molecule has 0 heterocycles. The lowest BCUT2D eigenvalue weighted by atomic mass is 10.1. The first kappa shape index (κ1) is 18.6. The number of carbonyl (C=O) groups is 1. The molecule has 138 valence electrons. The van der Waals surface area contributed by atoms with Gasteiger partial charge in [0.1, 0.15) is 0 Å². The molecule has 3 rings (SSSR count). The zero-order chi connectivity index (χ0) is 18.6. The predicted molar refractivity (Wildman–Crippen MR) is 98.3 cm³/mol. The molecule has 26 heavy (non-hydrogen) atoms. The van der Waals surface area contributed by atoms with E-state index in [1.807, 2.05) is 30.3 Å². The van der Waals surface area contributed by atoms with Crippen molar-refractivity contribution in [2.45, 2.75) is 36.2 Å². The van der Waals surface area contributed by atoms with E-state index in [0.29, 0.717) is 12.0 Å². The van der Waals surface area contributed by atoms with Gasteiger partial charge in [0.25, 0.3) is 5.91 Å². The second kappa shape index (κ2) is 7.99. The van der Waals surface area contributed by atoms with Crippen molar-refractivity contribution in [3.05, 3.63) is 65.7 Å². The van der Waals surface area contributed by atoms with E-state index in [9.17, 15) is 18.3 Å². The largest absolute Gasteiger partial charge is 0.395 e. The fourth-order valence-electron chi connectivity index (χ4n) is 2.63. The molecule has 0 radical (unpaired) electrons. The van der Waals surface area contributed by atoms with Gasteiger partial charge in [-0.2, -0.15) is 0 Å². The van der Waals surface area contributed by atoms with Gasteiger partial charge in [-0.15, -0.1) is 0 Å². The zero-order valence-electron chi connectivity index (χ0n) is 14.3. The maximum absolute atomic E-state index is 12.6. The third-order valence-corrected chi connectivity index (χ3v) is 5.70. The van der Waals surface area contributed by atoms with Crippen molar-refractivity contribution in [3.8, 4) is 0 Å². The Labute approximate surface area is 153 Å². The number of carbonyl (C=O) groups excluding carboxylic acids is 1. The van der Waals surface area contributed by atoms with Crippen molar-refractivity contribution >= 4 is 15.9 Å². The van der Waals surface area contributed by atoms with Crippen LogP contribution in [0, 0.1) is 0 Å². The van der Waals surface area contributed by atoms with Gasteiger partial charge in [-0.1, -0.05) is 36.4 Å². The van der Waals surface area contributed by atoms with E-state index in [-0.39, 0.29) is 23.5 Å². The number of hydrogen-bond acceptors (Lipinski definition) is 4. The summed E-state index contributed by atoms with van der Waals surface area (Å²) in [5, 5.41) is 12.4. The number of nitrogens with one attached hydrogen (secondary N) is 2. The van der Waals surface area contributed by atoms with Gasteiger partial charge in [0.05, 0.1) is 11.5 Å². The van der Waals surface area contributed by atoms with Crippen LogP contribution in [0.25, 0.3) is 0 Å². The number of sulfonamides is 1. The molecule has 7 heteroatoms. The molecule has 0 saturated heterocycles. The Bertz CT molecular complexity index is 864. The lowest BCUT2D eigenvalue weighted by Gasteiger charge is -2.17. The summed E-state index contributed by atoms with van der Waals surface area (Å²) in [6, 6.07) is 14.8. The summed E-state index contributed by atoms with van der Waals surface area (Å²) >= 11 is 0. The minimum atomic E-state index is -3.85. The van der Waals surface area contributed by atoms with Crippen LogP contribution < -0.4 is 10.0 Å². The van der Waals surface area contributed by atoms with Crippen molar-refractivity contribution in [3.63, 3.8) is 0 Å². The maximum atomic E-state index is 12.6. The molecule has 0 aliphatic heterocycles. The molecule has 0 bridgehead atoms. The summed E-state index contributed by atoms with van der Waals surface area (Å²) in [7, 11) is -3.85. The summed E-state index contributed by atoms with van der Waals surface area (Å²) in [5.74, 6) is -0.271. The van der Waals surface area contributed by atoms with E-state index >= 15 is 0 Å². The fourth-order valence-corrected chi connectivity index (χ4v) is 3.90. The highest BCUT2D eigenvalue weighted by molar-refractivity contribution is 7.89. The molecular formula is C19H22N2O4S. The summed E-state index contributed by atoms with van der Waals surface area (Å²) in [5.41, 5.74) is 1.23. The summed E-state index contributed by atoms with van der Waals surface area (Å²) in [6.45, 7) is -0.323. The molecule has 2 aromatic rings. The monoisotopic (exact) mass is 374 g/mol. The molecular weight excluding hydrogens is 352 g/mol. The highest BCUT2D eigenvalue weighted by atomic mass is 32.2. The molecule has 1 aliphatic rings. The second-order valence-electron chi connectivity index (χ2n) is 6.47. The van der Waals surface area contributed by atoms with E-state index in [4.69, 9.17) is 0 Å². The quantitative estimate of drug-likeness (QED) is 0.652. The van der Waals surface area contributed by atoms with Crippen LogP contribution in [0.3, 0.4) is 0 Å². The molecule has 0 aromatic heterocycles. The van der Waals surface area contributed by atoms with Gasteiger partial charge in [-0.3, -0.25) is 4.79 Å². The van der Waals surface area contributed by atoms with E-state index in [0.717, 1.165) is 18.4 Å². The molecule has 6 nitrogen and oxygen atoms in total. The maximum Gasteiger partial charge on any atom is 0.251 e. The SMILES string of the molecule is O=C(NC1CC1)c1cccc(S(=O)(=O)N[C@H](CO)Cc2ccccc2)c1. The first-order valence-electron chi connectivity index (χ1n) is 8.56. The van der Waals surface area contributed by atoms with E-state index in [2.05, 4.69) is 10.0 Å². The van der Waals surface area contributed by atoms with E-state index in [1.54, 1.807) is 12.1 Å². The third-order valence-electron chi connectivity index (χ3n) is 4.19. The van der Waals surface area contributed by atoms with E-state index in [1.165, 1.54) is 12.1 Å². The van der Waals surface area contributed by atoms with Crippen molar-refractivity contribution in [1.82, 2.24) is 10.0 Å². The van der Waals surface area contributed by atoms with Crippen LogP contribution in [0.2, 0.25) is 0 Å². The van der Waals surface area contributed by atoms with Crippen LogP contribution in [0.5, 0.6) is 0 Å². The topological polar surface area (TPSA) is 95.5 Å². The molecule has 2 aromatic carbocycles. The molecule has 1 amide bonds. The highest BCUT2D eigenvalue weighted by Crippen LogP contribution is 2.20. The van der Waals surface area contributed by atoms with Gasteiger partial charge in [-0.25, -0.2) is 13.1 Å².